The van der Waals surface area contributed by atoms with Crippen LogP contribution >= 0.6 is 0 Å². The summed E-state index contributed by atoms with van der Waals surface area (Å²) >= 11 is 0. The van der Waals surface area contributed by atoms with E-state index in [0.29, 0.717) is 26.4 Å². The number of ether oxygens (including phenoxy) is 1. The van der Waals surface area contributed by atoms with E-state index in [1.807, 2.05) is 40.7 Å². The van der Waals surface area contributed by atoms with Crippen molar-refractivity contribution in [2.24, 2.45) is 0 Å². The molecule has 1 aliphatic rings. The van der Waals surface area contributed by atoms with Crippen molar-refractivity contribution < 1.29 is 9.53 Å². The molecule has 144 valence electrons. The Morgan fingerprint density at radius 3 is 2.64 bits per heavy atom. The van der Waals surface area contributed by atoms with Crippen molar-refractivity contribution in [3.8, 4) is 11.1 Å². The Morgan fingerprint density at radius 2 is 1.86 bits per heavy atom. The van der Waals surface area contributed by atoms with E-state index >= 15 is 0 Å². The normalized spacial score (nSPS) is 13.2. The number of fused-ring (bicyclic) bond motifs is 5. The molecule has 0 atom stereocenters. The molecule has 2 aromatic carbocycles. The Balaban J connectivity index is 2.00. The third-order valence-corrected chi connectivity index (χ3v) is 5.25. The standard InChI is InChI=1S/C24H26N2O2/c1-4-28-16-26-21-12-8-7-11-20(21)22-19-10-6-5-9-18(19)15-25(14-13-17(2)3)24(27)23(22)26/h5-13H,4,14-16H2,1-3H3. The van der Waals surface area contributed by atoms with Crippen LogP contribution in [0.4, 0.5) is 0 Å². The van der Waals surface area contributed by atoms with Crippen molar-refractivity contribution in [1.82, 2.24) is 9.47 Å². The first kappa shape index (κ1) is 18.5. The molecule has 0 aliphatic carbocycles. The Bertz CT molecular complexity index is 1060. The van der Waals surface area contributed by atoms with Crippen LogP contribution in [-0.2, 0) is 18.0 Å². The molecule has 0 unspecified atom stereocenters. The molecule has 28 heavy (non-hydrogen) atoms. The quantitative estimate of drug-likeness (QED) is 0.574. The molecular weight excluding hydrogens is 348 g/mol. The van der Waals surface area contributed by atoms with Crippen LogP contribution in [0.1, 0.15) is 36.8 Å². The maximum Gasteiger partial charge on any atom is 0.271 e. The second-order valence-corrected chi connectivity index (χ2v) is 7.41. The van der Waals surface area contributed by atoms with Crippen molar-refractivity contribution in [2.75, 3.05) is 13.2 Å². The zero-order chi connectivity index (χ0) is 19.7. The van der Waals surface area contributed by atoms with Gasteiger partial charge in [-0.15, -0.1) is 0 Å². The molecule has 3 aromatic rings. The summed E-state index contributed by atoms with van der Waals surface area (Å²) in [6, 6.07) is 16.6. The van der Waals surface area contributed by atoms with Crippen molar-refractivity contribution in [3.05, 3.63) is 71.4 Å². The smallest absolute Gasteiger partial charge is 0.271 e. The number of rotatable bonds is 5. The Labute approximate surface area is 166 Å². The molecular formula is C24H26N2O2. The van der Waals surface area contributed by atoms with Gasteiger partial charge in [-0.1, -0.05) is 54.1 Å². The van der Waals surface area contributed by atoms with Gasteiger partial charge in [0.25, 0.3) is 5.91 Å². The molecule has 1 amide bonds. The Kier molecular flexibility index (Phi) is 5.05. The lowest BCUT2D eigenvalue weighted by Crippen LogP contribution is -2.31. The second kappa shape index (κ2) is 7.64. The number of hydrogen-bond donors (Lipinski definition) is 0. The van der Waals surface area contributed by atoms with Gasteiger partial charge in [0.1, 0.15) is 12.4 Å². The highest BCUT2D eigenvalue weighted by atomic mass is 16.5. The summed E-state index contributed by atoms with van der Waals surface area (Å²) in [6.07, 6.45) is 2.11. The minimum Gasteiger partial charge on any atom is -0.361 e. The van der Waals surface area contributed by atoms with Crippen molar-refractivity contribution in [2.45, 2.75) is 34.0 Å². The summed E-state index contributed by atoms with van der Waals surface area (Å²) in [7, 11) is 0. The fraction of sp³-hybridized carbons (Fsp3) is 0.292. The number of benzene rings is 2. The van der Waals surface area contributed by atoms with E-state index in [2.05, 4.69) is 44.2 Å². The molecule has 4 rings (SSSR count). The number of allylic oxidation sites excluding steroid dienone is 1. The van der Waals surface area contributed by atoms with E-state index in [1.54, 1.807) is 0 Å². The van der Waals surface area contributed by atoms with E-state index in [9.17, 15) is 4.79 Å². The van der Waals surface area contributed by atoms with Gasteiger partial charge in [0.2, 0.25) is 0 Å². The molecule has 4 nitrogen and oxygen atoms in total. The van der Waals surface area contributed by atoms with Crippen molar-refractivity contribution >= 4 is 16.8 Å². The molecule has 0 fully saturated rings. The predicted molar refractivity (Wildman–Crippen MR) is 113 cm³/mol. The fourth-order valence-corrected chi connectivity index (χ4v) is 3.88. The lowest BCUT2D eigenvalue weighted by atomic mass is 9.98. The van der Waals surface area contributed by atoms with E-state index in [-0.39, 0.29) is 5.91 Å². The number of carbonyl (C=O) groups is 1. The van der Waals surface area contributed by atoms with Crippen LogP contribution in [0.3, 0.4) is 0 Å². The van der Waals surface area contributed by atoms with Crippen LogP contribution in [0.5, 0.6) is 0 Å². The third-order valence-electron chi connectivity index (χ3n) is 5.25. The second-order valence-electron chi connectivity index (χ2n) is 7.41. The maximum atomic E-state index is 13.7. The average molecular weight is 374 g/mol. The molecule has 2 heterocycles. The Morgan fingerprint density at radius 1 is 1.11 bits per heavy atom. The summed E-state index contributed by atoms with van der Waals surface area (Å²) in [5.74, 6) is 0.0552. The van der Waals surface area contributed by atoms with Crippen molar-refractivity contribution in [3.63, 3.8) is 0 Å². The van der Waals surface area contributed by atoms with Gasteiger partial charge in [0.15, 0.2) is 0 Å². The number of amides is 1. The van der Waals surface area contributed by atoms with Gasteiger partial charge in [-0.05, 0) is 38.0 Å². The van der Waals surface area contributed by atoms with Crippen LogP contribution in [0.25, 0.3) is 22.0 Å². The molecule has 1 aliphatic heterocycles. The molecule has 0 saturated carbocycles. The average Bonchev–Trinajstić information content (AvgIpc) is 2.96. The summed E-state index contributed by atoms with van der Waals surface area (Å²) in [5, 5.41) is 1.10. The van der Waals surface area contributed by atoms with Crippen LogP contribution in [0, 0.1) is 0 Å². The van der Waals surface area contributed by atoms with Crippen LogP contribution in [-0.4, -0.2) is 28.5 Å². The number of nitrogens with zero attached hydrogens (tertiary/aromatic N) is 2. The summed E-state index contributed by atoms with van der Waals surface area (Å²) in [4.78, 5) is 15.6. The SMILES string of the molecule is CCOCn1c2c(c3ccccc31)-c1ccccc1CN(CC=C(C)C)C2=O. The van der Waals surface area contributed by atoms with Crippen LogP contribution < -0.4 is 0 Å². The molecule has 1 aromatic heterocycles. The minimum absolute atomic E-state index is 0.0552. The van der Waals surface area contributed by atoms with E-state index in [0.717, 1.165) is 27.7 Å². The molecule has 0 spiro atoms. The topological polar surface area (TPSA) is 34.5 Å². The van der Waals surface area contributed by atoms with Crippen LogP contribution in [0.15, 0.2) is 60.2 Å². The van der Waals surface area contributed by atoms with Gasteiger partial charge in [0.05, 0.1) is 5.52 Å². The lowest BCUT2D eigenvalue weighted by molar-refractivity contribution is 0.0693. The zero-order valence-corrected chi connectivity index (χ0v) is 16.7. The van der Waals surface area contributed by atoms with Gasteiger partial charge in [0, 0.05) is 30.6 Å². The first-order chi connectivity index (χ1) is 13.6. The highest BCUT2D eigenvalue weighted by molar-refractivity contribution is 6.11. The maximum absolute atomic E-state index is 13.7. The zero-order valence-electron chi connectivity index (χ0n) is 16.7. The monoisotopic (exact) mass is 374 g/mol. The van der Waals surface area contributed by atoms with Gasteiger partial charge < -0.3 is 14.2 Å². The highest BCUT2D eigenvalue weighted by Crippen LogP contribution is 2.40. The van der Waals surface area contributed by atoms with Crippen LogP contribution in [0.2, 0.25) is 0 Å². The third kappa shape index (κ3) is 3.14. The van der Waals surface area contributed by atoms with Gasteiger partial charge >= 0.3 is 0 Å². The number of aromatic nitrogens is 1. The first-order valence-corrected chi connectivity index (χ1v) is 9.81. The molecule has 0 radical (unpaired) electrons. The van der Waals surface area contributed by atoms with E-state index in [1.165, 1.54) is 11.1 Å². The van der Waals surface area contributed by atoms with Crippen molar-refractivity contribution in [1.29, 1.82) is 0 Å². The number of carbonyl (C=O) groups excluding carboxylic acids is 1. The fourth-order valence-electron chi connectivity index (χ4n) is 3.88. The highest BCUT2D eigenvalue weighted by Gasteiger charge is 2.31. The summed E-state index contributed by atoms with van der Waals surface area (Å²) in [6.45, 7) is 8.29. The molecule has 4 heteroatoms. The number of para-hydroxylation sites is 1. The van der Waals surface area contributed by atoms with E-state index < -0.39 is 0 Å². The summed E-state index contributed by atoms with van der Waals surface area (Å²) < 4.78 is 7.78. The molecule has 0 N–H and O–H groups in total. The van der Waals surface area contributed by atoms with Gasteiger partial charge in [-0.2, -0.15) is 0 Å². The largest absolute Gasteiger partial charge is 0.361 e. The predicted octanol–water partition coefficient (Wildman–Crippen LogP) is 5.22. The van der Waals surface area contributed by atoms with Gasteiger partial charge in [-0.25, -0.2) is 0 Å². The minimum atomic E-state index is 0.0552. The van der Waals surface area contributed by atoms with E-state index in [4.69, 9.17) is 4.74 Å². The lowest BCUT2D eigenvalue weighted by Gasteiger charge is -2.21. The Hall–Kier alpha value is -2.85. The molecule has 0 bridgehead atoms. The van der Waals surface area contributed by atoms with Gasteiger partial charge in [-0.3, -0.25) is 4.79 Å². The molecule has 0 saturated heterocycles. The number of hydrogen-bond acceptors (Lipinski definition) is 2. The summed E-state index contributed by atoms with van der Waals surface area (Å²) in [5.41, 5.74) is 6.30. The first-order valence-electron chi connectivity index (χ1n) is 9.81.